The molecule has 0 unspecified atom stereocenters. The molecule has 0 N–H and O–H groups in total. The predicted molar refractivity (Wildman–Crippen MR) is 53.2 cm³/mol. The third kappa shape index (κ3) is 1.20. The molecule has 0 saturated heterocycles. The number of hydrogen-bond donors (Lipinski definition) is 0. The molecule has 0 saturated carbocycles. The molecule has 2 aromatic rings. The summed E-state index contributed by atoms with van der Waals surface area (Å²) in [6, 6.07) is 8.47. The summed E-state index contributed by atoms with van der Waals surface area (Å²) in [5.41, 5.74) is 1.27. The van der Waals surface area contributed by atoms with E-state index in [9.17, 15) is 0 Å². The van der Waals surface area contributed by atoms with E-state index in [0.717, 1.165) is 0 Å². The van der Waals surface area contributed by atoms with Crippen LogP contribution in [0.2, 0.25) is 0 Å². The average molecular weight is 222 g/mol. The van der Waals surface area contributed by atoms with Crippen molar-refractivity contribution < 1.29 is 0 Å². The first-order valence-electron chi connectivity index (χ1n) is 3.75. The van der Waals surface area contributed by atoms with Crippen molar-refractivity contribution in [3.05, 3.63) is 42.0 Å². The van der Waals surface area contributed by atoms with Gasteiger partial charge in [0.15, 0.2) is 0 Å². The van der Waals surface area contributed by atoms with Crippen LogP contribution in [-0.4, -0.2) is 19.1 Å². The van der Waals surface area contributed by atoms with Crippen molar-refractivity contribution in [3.63, 3.8) is 0 Å². The zero-order valence-corrected chi connectivity index (χ0v) is 8.32. The first kappa shape index (κ1) is 7.66. The van der Waals surface area contributed by atoms with Gasteiger partial charge in [-0.15, -0.1) is 0 Å². The number of rotatable bonds is 2. The third-order valence-corrected chi connectivity index (χ3v) is 3.62. The molecule has 0 aliphatic rings. The molecular weight excluding hydrogens is 213 g/mol. The van der Waals surface area contributed by atoms with E-state index in [4.69, 9.17) is 0 Å². The van der Waals surface area contributed by atoms with E-state index in [1.54, 1.807) is 0 Å². The van der Waals surface area contributed by atoms with Crippen LogP contribution in [0.25, 0.3) is 16.3 Å². The van der Waals surface area contributed by atoms with E-state index in [1.807, 2.05) is 18.5 Å². The van der Waals surface area contributed by atoms with Crippen LogP contribution in [0.4, 0.5) is 0 Å². The van der Waals surface area contributed by atoms with E-state index in [-0.39, 0.29) is 0 Å². The SMILES string of the molecule is C=Cn1cccc1-c1ccc[se]1. The summed E-state index contributed by atoms with van der Waals surface area (Å²) in [5, 5.41) is 0. The molecule has 1 nitrogen and oxygen atoms in total. The van der Waals surface area contributed by atoms with Crippen molar-refractivity contribution >= 4 is 20.7 Å². The van der Waals surface area contributed by atoms with Gasteiger partial charge in [-0.3, -0.25) is 0 Å². The Hall–Kier alpha value is -0.981. The van der Waals surface area contributed by atoms with Gasteiger partial charge in [0.1, 0.15) is 0 Å². The summed E-state index contributed by atoms with van der Waals surface area (Å²) in [7, 11) is 0. The van der Waals surface area contributed by atoms with Crippen LogP contribution >= 0.6 is 0 Å². The third-order valence-electron chi connectivity index (χ3n) is 1.75. The van der Waals surface area contributed by atoms with Gasteiger partial charge in [0.05, 0.1) is 0 Å². The molecule has 0 spiro atoms. The first-order chi connectivity index (χ1) is 5.92. The van der Waals surface area contributed by atoms with E-state index in [2.05, 4.69) is 34.3 Å². The summed E-state index contributed by atoms with van der Waals surface area (Å²) < 4.78 is 3.48. The molecule has 0 fully saturated rings. The Bertz CT molecular complexity index is 370. The van der Waals surface area contributed by atoms with Crippen LogP contribution < -0.4 is 0 Å². The van der Waals surface area contributed by atoms with Crippen LogP contribution in [0.1, 0.15) is 0 Å². The van der Waals surface area contributed by atoms with E-state index in [0.29, 0.717) is 14.5 Å². The fourth-order valence-electron chi connectivity index (χ4n) is 1.19. The molecule has 0 aliphatic carbocycles. The van der Waals surface area contributed by atoms with E-state index >= 15 is 0 Å². The molecule has 60 valence electrons. The van der Waals surface area contributed by atoms with Crippen LogP contribution in [0, 0.1) is 0 Å². The minimum atomic E-state index is 0.513. The van der Waals surface area contributed by atoms with Gasteiger partial charge < -0.3 is 0 Å². The number of nitrogens with zero attached hydrogens (tertiary/aromatic N) is 1. The van der Waals surface area contributed by atoms with Crippen molar-refractivity contribution in [2.75, 3.05) is 0 Å². The second-order valence-electron chi connectivity index (χ2n) is 2.46. The normalized spacial score (nSPS) is 10.0. The maximum absolute atomic E-state index is 3.76. The van der Waals surface area contributed by atoms with Gasteiger partial charge in [-0.2, -0.15) is 0 Å². The summed E-state index contributed by atoms with van der Waals surface area (Å²) in [4.78, 5) is 2.22. The molecular formula is C10H9NSe. The molecule has 2 heterocycles. The molecule has 0 amide bonds. The fourth-order valence-corrected chi connectivity index (χ4v) is 2.77. The number of hydrogen-bond acceptors (Lipinski definition) is 0. The van der Waals surface area contributed by atoms with E-state index < -0.39 is 0 Å². The van der Waals surface area contributed by atoms with Gasteiger partial charge in [0, 0.05) is 0 Å². The zero-order valence-electron chi connectivity index (χ0n) is 6.60. The maximum atomic E-state index is 3.76. The minimum absolute atomic E-state index is 0.513. The van der Waals surface area contributed by atoms with Crippen molar-refractivity contribution in [2.45, 2.75) is 0 Å². The molecule has 0 radical (unpaired) electrons. The second kappa shape index (κ2) is 3.18. The standard InChI is InChI=1S/C10H9NSe/c1-2-11-7-3-5-9(11)10-6-4-8-12-10/h2-8H,1H2. The van der Waals surface area contributed by atoms with Gasteiger partial charge in [-0.1, -0.05) is 0 Å². The van der Waals surface area contributed by atoms with Crippen LogP contribution in [0.3, 0.4) is 0 Å². The molecule has 2 aromatic heterocycles. The van der Waals surface area contributed by atoms with Crippen LogP contribution in [0.5, 0.6) is 0 Å². The molecule has 0 bridgehead atoms. The zero-order chi connectivity index (χ0) is 8.39. The molecule has 0 atom stereocenters. The second-order valence-corrected chi connectivity index (χ2v) is 4.45. The summed E-state index contributed by atoms with van der Waals surface area (Å²) in [5.74, 6) is 0. The number of aromatic nitrogens is 1. The van der Waals surface area contributed by atoms with Crippen molar-refractivity contribution in [1.82, 2.24) is 4.57 Å². The Kier molecular flexibility index (Phi) is 2.03. The average Bonchev–Trinajstić information content (AvgIpc) is 2.74. The van der Waals surface area contributed by atoms with Gasteiger partial charge >= 0.3 is 77.4 Å². The van der Waals surface area contributed by atoms with E-state index in [1.165, 1.54) is 10.1 Å². The Balaban J connectivity index is 2.53. The monoisotopic (exact) mass is 223 g/mol. The van der Waals surface area contributed by atoms with Crippen molar-refractivity contribution in [1.29, 1.82) is 0 Å². The summed E-state index contributed by atoms with van der Waals surface area (Å²) in [6.07, 6.45) is 3.86. The van der Waals surface area contributed by atoms with Gasteiger partial charge in [-0.25, -0.2) is 0 Å². The molecule has 0 aromatic carbocycles. The molecule has 2 heteroatoms. The Morgan fingerprint density at radius 1 is 1.33 bits per heavy atom. The quantitative estimate of drug-likeness (QED) is 0.687. The van der Waals surface area contributed by atoms with Crippen LogP contribution in [-0.2, 0) is 0 Å². The Morgan fingerprint density at radius 2 is 2.25 bits per heavy atom. The first-order valence-corrected chi connectivity index (χ1v) is 5.59. The Labute approximate surface area is 77.7 Å². The van der Waals surface area contributed by atoms with Crippen molar-refractivity contribution in [3.8, 4) is 10.1 Å². The van der Waals surface area contributed by atoms with Gasteiger partial charge in [0.2, 0.25) is 0 Å². The van der Waals surface area contributed by atoms with Gasteiger partial charge in [-0.05, 0) is 0 Å². The van der Waals surface area contributed by atoms with Crippen LogP contribution in [0.15, 0.2) is 42.0 Å². The van der Waals surface area contributed by atoms with Gasteiger partial charge in [0.25, 0.3) is 0 Å². The molecule has 0 aliphatic heterocycles. The van der Waals surface area contributed by atoms with Crippen molar-refractivity contribution in [2.24, 2.45) is 0 Å². The summed E-state index contributed by atoms with van der Waals surface area (Å²) in [6.45, 7) is 3.76. The molecule has 2 rings (SSSR count). The fraction of sp³-hybridized carbons (Fsp3) is 0. The predicted octanol–water partition coefficient (Wildman–Crippen LogP) is 2.31. The molecule has 12 heavy (non-hydrogen) atoms. The summed E-state index contributed by atoms with van der Waals surface area (Å²) >= 11 is 0.513. The Morgan fingerprint density at radius 3 is 2.92 bits per heavy atom. The topological polar surface area (TPSA) is 4.93 Å².